The van der Waals surface area contributed by atoms with Gasteiger partial charge in [-0.05, 0) is 13.3 Å². The lowest BCUT2D eigenvalue weighted by atomic mass is 10.3. The monoisotopic (exact) mass is 204 g/mol. The number of urea groups is 1. The SMILES string of the molecule is COCCCNC(=O)N[C@@H](C)C(=O)O. The molecule has 0 rings (SSSR count). The molecule has 0 aromatic rings. The Labute approximate surface area is 82.6 Å². The lowest BCUT2D eigenvalue weighted by Gasteiger charge is -2.10. The standard InChI is InChI=1S/C8H16N2O4/c1-6(7(11)12)10-8(13)9-4-3-5-14-2/h6H,3-5H2,1-2H3,(H,11,12)(H2,9,10,13)/t6-/m0/s1. The summed E-state index contributed by atoms with van der Waals surface area (Å²) in [5.74, 6) is -1.06. The summed E-state index contributed by atoms with van der Waals surface area (Å²) in [6.07, 6.45) is 0.700. The number of rotatable bonds is 6. The van der Waals surface area contributed by atoms with Crippen LogP contribution >= 0.6 is 0 Å². The van der Waals surface area contributed by atoms with Gasteiger partial charge in [0.1, 0.15) is 6.04 Å². The van der Waals surface area contributed by atoms with E-state index in [2.05, 4.69) is 10.6 Å². The normalized spacial score (nSPS) is 11.9. The molecule has 0 heterocycles. The zero-order valence-electron chi connectivity index (χ0n) is 8.37. The molecule has 1 atom stereocenters. The molecular formula is C8H16N2O4. The fourth-order valence-electron chi connectivity index (χ4n) is 0.728. The predicted octanol–water partition coefficient (Wildman–Crippen LogP) is -0.205. The van der Waals surface area contributed by atoms with Crippen molar-refractivity contribution in [2.75, 3.05) is 20.3 Å². The average Bonchev–Trinajstić information content (AvgIpc) is 2.12. The molecule has 0 aromatic heterocycles. The number of nitrogens with one attached hydrogen (secondary N) is 2. The molecule has 0 bridgehead atoms. The van der Waals surface area contributed by atoms with Gasteiger partial charge in [-0.1, -0.05) is 0 Å². The van der Waals surface area contributed by atoms with Gasteiger partial charge in [0.25, 0.3) is 0 Å². The Hall–Kier alpha value is -1.30. The van der Waals surface area contributed by atoms with Gasteiger partial charge in [0.2, 0.25) is 0 Å². The van der Waals surface area contributed by atoms with Gasteiger partial charge in [-0.3, -0.25) is 4.79 Å². The second-order valence-corrected chi connectivity index (χ2v) is 2.81. The Kier molecular flexibility index (Phi) is 6.47. The van der Waals surface area contributed by atoms with E-state index in [-0.39, 0.29) is 0 Å². The van der Waals surface area contributed by atoms with Gasteiger partial charge >= 0.3 is 12.0 Å². The summed E-state index contributed by atoms with van der Waals surface area (Å²) in [6.45, 7) is 2.43. The predicted molar refractivity (Wildman–Crippen MR) is 50.1 cm³/mol. The van der Waals surface area contributed by atoms with Gasteiger partial charge in [0, 0.05) is 20.3 Å². The fraction of sp³-hybridized carbons (Fsp3) is 0.750. The number of amides is 2. The van der Waals surface area contributed by atoms with Gasteiger partial charge in [-0.2, -0.15) is 0 Å². The maximum Gasteiger partial charge on any atom is 0.325 e. The second-order valence-electron chi connectivity index (χ2n) is 2.81. The number of methoxy groups -OCH3 is 1. The first-order valence-corrected chi connectivity index (χ1v) is 4.34. The van der Waals surface area contributed by atoms with Gasteiger partial charge in [-0.25, -0.2) is 4.79 Å². The minimum atomic E-state index is -1.06. The summed E-state index contributed by atoms with van der Waals surface area (Å²) in [7, 11) is 1.58. The van der Waals surface area contributed by atoms with E-state index in [0.29, 0.717) is 19.6 Å². The molecule has 0 aromatic carbocycles. The van der Waals surface area contributed by atoms with Crippen LogP contribution in [0.5, 0.6) is 0 Å². The van der Waals surface area contributed by atoms with Crippen molar-refractivity contribution in [3.8, 4) is 0 Å². The third-order valence-electron chi connectivity index (χ3n) is 1.53. The van der Waals surface area contributed by atoms with Crippen LogP contribution < -0.4 is 10.6 Å². The Morgan fingerprint density at radius 3 is 2.64 bits per heavy atom. The molecule has 14 heavy (non-hydrogen) atoms. The maximum absolute atomic E-state index is 11.0. The van der Waals surface area contributed by atoms with Crippen LogP contribution in [-0.2, 0) is 9.53 Å². The number of carboxylic acid groups (broad SMARTS) is 1. The van der Waals surface area contributed by atoms with Crippen LogP contribution in [0, 0.1) is 0 Å². The second kappa shape index (κ2) is 7.14. The van der Waals surface area contributed by atoms with Crippen LogP contribution in [-0.4, -0.2) is 43.4 Å². The Morgan fingerprint density at radius 1 is 1.50 bits per heavy atom. The van der Waals surface area contributed by atoms with E-state index in [9.17, 15) is 9.59 Å². The molecule has 0 aliphatic heterocycles. The molecule has 0 fully saturated rings. The van der Waals surface area contributed by atoms with Gasteiger partial charge in [0.05, 0.1) is 0 Å². The fourth-order valence-corrected chi connectivity index (χ4v) is 0.728. The molecule has 2 amide bonds. The Bertz CT molecular complexity index is 196. The first-order chi connectivity index (χ1) is 6.57. The van der Waals surface area contributed by atoms with Crippen molar-refractivity contribution in [3.63, 3.8) is 0 Å². The molecule has 6 heteroatoms. The van der Waals surface area contributed by atoms with Crippen LogP contribution in [0.4, 0.5) is 4.79 Å². The molecular weight excluding hydrogens is 188 g/mol. The maximum atomic E-state index is 11.0. The Balaban J connectivity index is 3.50. The molecule has 3 N–H and O–H groups in total. The van der Waals surface area contributed by atoms with E-state index < -0.39 is 18.0 Å². The molecule has 0 spiro atoms. The first-order valence-electron chi connectivity index (χ1n) is 4.34. The summed E-state index contributed by atoms with van der Waals surface area (Å²) >= 11 is 0. The van der Waals surface area contributed by atoms with Crippen molar-refractivity contribution in [1.82, 2.24) is 10.6 Å². The zero-order valence-corrected chi connectivity index (χ0v) is 8.37. The number of carboxylic acids is 1. The lowest BCUT2D eigenvalue weighted by molar-refractivity contribution is -0.138. The highest BCUT2D eigenvalue weighted by Crippen LogP contribution is 1.82. The lowest BCUT2D eigenvalue weighted by Crippen LogP contribution is -2.44. The summed E-state index contributed by atoms with van der Waals surface area (Å²) in [6, 6.07) is -1.35. The molecule has 6 nitrogen and oxygen atoms in total. The van der Waals surface area contributed by atoms with Crippen LogP contribution in [0.3, 0.4) is 0 Å². The van der Waals surface area contributed by atoms with Crippen molar-refractivity contribution in [1.29, 1.82) is 0 Å². The van der Waals surface area contributed by atoms with E-state index in [0.717, 1.165) is 0 Å². The molecule has 82 valence electrons. The molecule has 0 radical (unpaired) electrons. The molecule has 0 unspecified atom stereocenters. The van der Waals surface area contributed by atoms with Crippen molar-refractivity contribution in [2.24, 2.45) is 0 Å². The molecule has 0 aliphatic carbocycles. The number of ether oxygens (including phenoxy) is 1. The van der Waals surface area contributed by atoms with E-state index in [1.807, 2.05) is 0 Å². The van der Waals surface area contributed by atoms with Crippen LogP contribution in [0.1, 0.15) is 13.3 Å². The Morgan fingerprint density at radius 2 is 2.14 bits per heavy atom. The number of aliphatic carboxylic acids is 1. The number of hydrogen-bond acceptors (Lipinski definition) is 3. The van der Waals surface area contributed by atoms with E-state index in [1.165, 1.54) is 6.92 Å². The first kappa shape index (κ1) is 12.7. The van der Waals surface area contributed by atoms with Crippen molar-refractivity contribution in [2.45, 2.75) is 19.4 Å². The highest BCUT2D eigenvalue weighted by atomic mass is 16.5. The summed E-state index contributed by atoms with van der Waals surface area (Å²) in [4.78, 5) is 21.3. The molecule has 0 aliphatic rings. The minimum absolute atomic E-state index is 0.464. The third kappa shape index (κ3) is 6.24. The largest absolute Gasteiger partial charge is 0.480 e. The molecule has 0 saturated carbocycles. The summed E-state index contributed by atoms with van der Waals surface area (Å²) in [5.41, 5.74) is 0. The van der Waals surface area contributed by atoms with Crippen molar-refractivity contribution < 1.29 is 19.4 Å². The van der Waals surface area contributed by atoms with Gasteiger partial charge in [-0.15, -0.1) is 0 Å². The van der Waals surface area contributed by atoms with E-state index in [4.69, 9.17) is 9.84 Å². The number of hydrogen-bond donors (Lipinski definition) is 3. The highest BCUT2D eigenvalue weighted by Gasteiger charge is 2.12. The van der Waals surface area contributed by atoms with E-state index >= 15 is 0 Å². The van der Waals surface area contributed by atoms with Gasteiger partial charge in [0.15, 0.2) is 0 Å². The quantitative estimate of drug-likeness (QED) is 0.523. The van der Waals surface area contributed by atoms with E-state index in [1.54, 1.807) is 7.11 Å². The van der Waals surface area contributed by atoms with Crippen molar-refractivity contribution >= 4 is 12.0 Å². The molecule has 0 saturated heterocycles. The number of carbonyl (C=O) groups is 2. The van der Waals surface area contributed by atoms with Crippen LogP contribution in [0.2, 0.25) is 0 Å². The van der Waals surface area contributed by atoms with Crippen molar-refractivity contribution in [3.05, 3.63) is 0 Å². The van der Waals surface area contributed by atoms with Crippen LogP contribution in [0.15, 0.2) is 0 Å². The topological polar surface area (TPSA) is 87.7 Å². The summed E-state index contributed by atoms with van der Waals surface area (Å²) in [5, 5.41) is 13.3. The smallest absolute Gasteiger partial charge is 0.325 e. The zero-order chi connectivity index (χ0) is 11.0. The van der Waals surface area contributed by atoms with Crippen LogP contribution in [0.25, 0.3) is 0 Å². The average molecular weight is 204 g/mol. The summed E-state index contributed by atoms with van der Waals surface area (Å²) < 4.78 is 4.78. The number of carbonyl (C=O) groups excluding carboxylic acids is 1. The highest BCUT2D eigenvalue weighted by molar-refractivity contribution is 5.82. The van der Waals surface area contributed by atoms with Gasteiger partial charge < -0.3 is 20.5 Å². The third-order valence-corrected chi connectivity index (χ3v) is 1.53. The minimum Gasteiger partial charge on any atom is -0.480 e.